The Hall–Kier alpha value is -5.49. The highest BCUT2D eigenvalue weighted by Crippen LogP contribution is 2.14. The van der Waals surface area contributed by atoms with Crippen LogP contribution in [-0.2, 0) is 28.6 Å². The lowest BCUT2D eigenvalue weighted by Crippen LogP contribution is -2.30. The number of carbonyl (C=O) groups is 3. The van der Waals surface area contributed by atoms with Crippen LogP contribution in [0.2, 0.25) is 0 Å². The van der Waals surface area contributed by atoms with Crippen molar-refractivity contribution in [2.24, 2.45) is 0 Å². The third-order valence-corrected chi connectivity index (χ3v) is 12.4. The molecule has 0 aromatic heterocycles. The average Bonchev–Trinajstić information content (AvgIpc) is 3.45. The molecule has 0 bridgehead atoms. The van der Waals surface area contributed by atoms with E-state index in [1.807, 2.05) is 12.2 Å². The molecule has 0 aliphatic heterocycles. The fourth-order valence-electron chi connectivity index (χ4n) is 7.84. The van der Waals surface area contributed by atoms with Crippen LogP contribution < -0.4 is 0 Å². The number of esters is 3. The number of carbonyl (C=O) groups excluding carboxylic acids is 3. The first kappa shape index (κ1) is 73.5. The Morgan fingerprint density at radius 3 is 0.772 bits per heavy atom. The molecule has 1 atom stereocenters. The zero-order chi connectivity index (χ0) is 57.1. The Balaban J connectivity index is 4.44. The van der Waals surface area contributed by atoms with Crippen molar-refractivity contribution in [3.8, 4) is 0 Å². The number of hydrogen-bond acceptors (Lipinski definition) is 6. The minimum Gasteiger partial charge on any atom is -0.462 e. The zero-order valence-corrected chi connectivity index (χ0v) is 50.3. The van der Waals surface area contributed by atoms with Crippen molar-refractivity contribution < 1.29 is 28.6 Å². The van der Waals surface area contributed by atoms with Crippen LogP contribution in [0.25, 0.3) is 0 Å². The number of rotatable bonds is 54. The molecule has 0 aromatic carbocycles. The normalized spacial score (nSPS) is 13.4. The molecule has 0 N–H and O–H groups in total. The molecule has 6 heteroatoms. The molecule has 0 fully saturated rings. The summed E-state index contributed by atoms with van der Waals surface area (Å²) in [6.45, 7) is 6.19. The predicted molar refractivity (Wildman–Crippen MR) is 343 cm³/mol. The van der Waals surface area contributed by atoms with Gasteiger partial charge >= 0.3 is 17.9 Å². The van der Waals surface area contributed by atoms with Crippen LogP contribution in [0.15, 0.2) is 182 Å². The van der Waals surface area contributed by atoms with E-state index in [1.54, 1.807) is 0 Å². The van der Waals surface area contributed by atoms with Crippen molar-refractivity contribution in [1.29, 1.82) is 0 Å². The predicted octanol–water partition coefficient (Wildman–Crippen LogP) is 21.7. The van der Waals surface area contributed by atoms with Gasteiger partial charge in [-0.1, -0.05) is 261 Å². The summed E-state index contributed by atoms with van der Waals surface area (Å²) >= 11 is 0. The molecular weight excluding hydrogens is 973 g/mol. The summed E-state index contributed by atoms with van der Waals surface area (Å²) in [4.78, 5) is 38.2. The van der Waals surface area contributed by atoms with Crippen LogP contribution in [0.5, 0.6) is 0 Å². The van der Waals surface area contributed by atoms with Crippen LogP contribution >= 0.6 is 0 Å². The second-order valence-electron chi connectivity index (χ2n) is 19.8. The SMILES string of the molecule is CC/C=C\C/C=C\C/C=C\C/C=C\C/C=C\C/C=C\CCCCCCCCCCCCC(=O)OCC(COC(=O)CCCCC/C=C\C/C=C\C/C=C\CC)OC(=O)CC/C=C\C/C=C\C/C=C\C/C=C\C/C=C\C/C=C\CC. The number of ether oxygens (including phenoxy) is 3. The van der Waals surface area contributed by atoms with Crippen molar-refractivity contribution in [3.63, 3.8) is 0 Å². The maximum atomic E-state index is 12.9. The molecule has 440 valence electrons. The van der Waals surface area contributed by atoms with Gasteiger partial charge in [0.15, 0.2) is 6.10 Å². The van der Waals surface area contributed by atoms with Crippen LogP contribution in [0, 0.1) is 0 Å². The van der Waals surface area contributed by atoms with Gasteiger partial charge in [-0.05, 0) is 141 Å². The molecule has 0 saturated heterocycles. The lowest BCUT2D eigenvalue weighted by Gasteiger charge is -2.18. The Bertz CT molecular complexity index is 1870. The summed E-state index contributed by atoms with van der Waals surface area (Å²) < 4.78 is 16.8. The molecule has 0 rings (SSSR count). The summed E-state index contributed by atoms with van der Waals surface area (Å²) in [5.74, 6) is -1.06. The third-order valence-electron chi connectivity index (χ3n) is 12.4. The Morgan fingerprint density at radius 2 is 0.481 bits per heavy atom. The van der Waals surface area contributed by atoms with Gasteiger partial charge in [0.05, 0.1) is 0 Å². The van der Waals surface area contributed by atoms with Crippen LogP contribution in [0.3, 0.4) is 0 Å². The van der Waals surface area contributed by atoms with Gasteiger partial charge in [-0.25, -0.2) is 0 Å². The van der Waals surface area contributed by atoms with Gasteiger partial charge in [0.2, 0.25) is 0 Å². The van der Waals surface area contributed by atoms with E-state index in [4.69, 9.17) is 14.2 Å². The molecule has 79 heavy (non-hydrogen) atoms. The van der Waals surface area contributed by atoms with Crippen molar-refractivity contribution >= 4 is 17.9 Å². The van der Waals surface area contributed by atoms with E-state index < -0.39 is 12.1 Å². The molecule has 0 spiro atoms. The van der Waals surface area contributed by atoms with Crippen LogP contribution in [0.4, 0.5) is 0 Å². The zero-order valence-electron chi connectivity index (χ0n) is 50.3. The molecule has 1 unspecified atom stereocenters. The lowest BCUT2D eigenvalue weighted by atomic mass is 10.1. The fraction of sp³-hybridized carbons (Fsp3) is 0.548. The standard InChI is InChI=1S/C73H112O6/c1-4-7-10-13-16-19-22-25-27-29-31-32-33-34-35-36-37-38-39-40-42-43-45-48-51-54-57-60-63-66-72(75)78-69-70(68-77-71(74)65-62-59-56-53-50-47-24-21-18-15-12-9-6-3)79-73(76)67-64-61-58-55-52-49-46-44-41-30-28-26-23-20-17-14-11-8-5-2/h7-12,16-21,25-28,31-32,34-35,37-38,41,44,47,49-50,52,58,61,70H,4-6,13-15,22-24,29-30,33,36,39-40,42-43,45-46,48,51,53-57,59-60,62-69H2,1-3H3/b10-7-,11-8-,12-9-,19-16-,20-17-,21-18-,27-25-,28-26-,32-31-,35-34-,38-37-,44-41-,50-47-,52-49-,61-58-. The van der Waals surface area contributed by atoms with Crippen LogP contribution in [-0.4, -0.2) is 37.2 Å². The van der Waals surface area contributed by atoms with Gasteiger partial charge in [0, 0.05) is 19.3 Å². The largest absolute Gasteiger partial charge is 0.462 e. The van der Waals surface area contributed by atoms with E-state index in [0.717, 1.165) is 148 Å². The molecular formula is C73H112O6. The van der Waals surface area contributed by atoms with E-state index in [1.165, 1.54) is 44.9 Å². The third kappa shape index (κ3) is 63.2. The minimum atomic E-state index is -0.843. The first-order valence-corrected chi connectivity index (χ1v) is 31.3. The maximum absolute atomic E-state index is 12.9. The van der Waals surface area contributed by atoms with Crippen molar-refractivity contribution in [2.45, 2.75) is 245 Å². The van der Waals surface area contributed by atoms with Gasteiger partial charge in [-0.2, -0.15) is 0 Å². The Kier molecular flexibility index (Phi) is 60.5. The smallest absolute Gasteiger partial charge is 0.306 e. The Morgan fingerprint density at radius 1 is 0.253 bits per heavy atom. The highest BCUT2D eigenvalue weighted by molar-refractivity contribution is 5.71. The first-order valence-electron chi connectivity index (χ1n) is 31.3. The molecule has 0 amide bonds. The molecule has 0 heterocycles. The van der Waals surface area contributed by atoms with Gasteiger partial charge in [0.1, 0.15) is 13.2 Å². The average molecular weight is 1090 g/mol. The van der Waals surface area contributed by atoms with Gasteiger partial charge in [-0.15, -0.1) is 0 Å². The number of allylic oxidation sites excluding steroid dienone is 30. The lowest BCUT2D eigenvalue weighted by molar-refractivity contribution is -0.166. The van der Waals surface area contributed by atoms with Gasteiger partial charge in [-0.3, -0.25) is 14.4 Å². The summed E-state index contributed by atoms with van der Waals surface area (Å²) in [6.07, 6.45) is 97.7. The first-order chi connectivity index (χ1) is 39.0. The van der Waals surface area contributed by atoms with Crippen molar-refractivity contribution in [2.75, 3.05) is 13.2 Å². The molecule has 0 aliphatic carbocycles. The van der Waals surface area contributed by atoms with E-state index in [2.05, 4.69) is 191 Å². The van der Waals surface area contributed by atoms with E-state index >= 15 is 0 Å². The molecule has 0 aromatic rings. The molecule has 0 saturated carbocycles. The number of hydrogen-bond donors (Lipinski definition) is 0. The second-order valence-corrected chi connectivity index (χ2v) is 19.8. The maximum Gasteiger partial charge on any atom is 0.306 e. The fourth-order valence-corrected chi connectivity index (χ4v) is 7.84. The highest BCUT2D eigenvalue weighted by atomic mass is 16.6. The molecule has 0 aliphatic rings. The minimum absolute atomic E-state index is 0.129. The van der Waals surface area contributed by atoms with E-state index in [-0.39, 0.29) is 31.6 Å². The summed E-state index contributed by atoms with van der Waals surface area (Å²) in [7, 11) is 0. The second kappa shape index (κ2) is 65.0. The monoisotopic (exact) mass is 1080 g/mol. The summed E-state index contributed by atoms with van der Waals surface area (Å²) in [6, 6.07) is 0. The summed E-state index contributed by atoms with van der Waals surface area (Å²) in [5.41, 5.74) is 0. The highest BCUT2D eigenvalue weighted by Gasteiger charge is 2.19. The quantitative estimate of drug-likeness (QED) is 0.0261. The topological polar surface area (TPSA) is 78.9 Å². The van der Waals surface area contributed by atoms with Crippen LogP contribution in [0.1, 0.15) is 239 Å². The summed E-state index contributed by atoms with van der Waals surface area (Å²) in [5, 5.41) is 0. The van der Waals surface area contributed by atoms with Gasteiger partial charge < -0.3 is 14.2 Å². The van der Waals surface area contributed by atoms with E-state index in [9.17, 15) is 14.4 Å². The molecule has 6 nitrogen and oxygen atoms in total. The van der Waals surface area contributed by atoms with Crippen molar-refractivity contribution in [3.05, 3.63) is 182 Å². The number of unbranched alkanes of at least 4 members (excludes halogenated alkanes) is 13. The Labute approximate surface area is 484 Å². The van der Waals surface area contributed by atoms with Gasteiger partial charge in [0.25, 0.3) is 0 Å². The van der Waals surface area contributed by atoms with Crippen molar-refractivity contribution in [1.82, 2.24) is 0 Å². The van der Waals surface area contributed by atoms with E-state index in [0.29, 0.717) is 19.3 Å². The molecule has 0 radical (unpaired) electrons.